The Labute approximate surface area is 130 Å². The van der Waals surface area contributed by atoms with Crippen LogP contribution >= 0.6 is 0 Å². The molecule has 21 heavy (non-hydrogen) atoms. The zero-order chi connectivity index (χ0) is 15.3. The van der Waals surface area contributed by atoms with Crippen molar-refractivity contribution in [3.05, 3.63) is 36.4 Å². The molecule has 0 saturated heterocycles. The predicted octanol–water partition coefficient (Wildman–Crippen LogP) is 5.66. The Morgan fingerprint density at radius 1 is 1.05 bits per heavy atom. The van der Waals surface area contributed by atoms with Gasteiger partial charge in [-0.05, 0) is 42.2 Å². The Hall–Kier alpha value is -1.31. The van der Waals surface area contributed by atoms with Gasteiger partial charge in [0.05, 0.1) is 13.2 Å². The molecular formula is C19H30NO. The van der Waals surface area contributed by atoms with Crippen LogP contribution in [0.3, 0.4) is 0 Å². The largest absolute Gasteiger partial charge is 0.494 e. The molecule has 117 valence electrons. The second kappa shape index (κ2) is 11.4. The lowest BCUT2D eigenvalue weighted by atomic mass is 10.1. The number of benzene rings is 1. The van der Waals surface area contributed by atoms with Crippen LogP contribution in [0.25, 0.3) is 0 Å². The fourth-order valence-electron chi connectivity index (χ4n) is 1.93. The lowest BCUT2D eigenvalue weighted by Crippen LogP contribution is -1.97. The Bertz CT molecular complexity index is 383. The van der Waals surface area contributed by atoms with Crippen LogP contribution in [0.15, 0.2) is 29.3 Å². The van der Waals surface area contributed by atoms with Crippen molar-refractivity contribution in [2.45, 2.75) is 59.3 Å². The van der Waals surface area contributed by atoms with Crippen molar-refractivity contribution < 1.29 is 4.74 Å². The predicted molar refractivity (Wildman–Crippen MR) is 92.0 cm³/mol. The zero-order valence-electron chi connectivity index (χ0n) is 13.8. The number of unbranched alkanes of at least 4 members (excludes halogenated alkanes) is 4. The Morgan fingerprint density at radius 3 is 2.43 bits per heavy atom. The summed E-state index contributed by atoms with van der Waals surface area (Å²) >= 11 is 0. The van der Waals surface area contributed by atoms with Crippen molar-refractivity contribution >= 4 is 6.21 Å². The summed E-state index contributed by atoms with van der Waals surface area (Å²) in [7, 11) is 0. The van der Waals surface area contributed by atoms with Crippen LogP contribution in [0.2, 0.25) is 0 Å². The molecule has 0 aliphatic heterocycles. The molecule has 0 N–H and O–H groups in total. The third kappa shape index (κ3) is 8.54. The van der Waals surface area contributed by atoms with Crippen molar-refractivity contribution in [2.24, 2.45) is 10.9 Å². The average Bonchev–Trinajstić information content (AvgIpc) is 2.52. The van der Waals surface area contributed by atoms with E-state index >= 15 is 0 Å². The number of hydrogen-bond donors (Lipinski definition) is 0. The van der Waals surface area contributed by atoms with Crippen LogP contribution < -0.4 is 4.74 Å². The molecule has 0 fully saturated rings. The highest BCUT2D eigenvalue weighted by Crippen LogP contribution is 2.13. The summed E-state index contributed by atoms with van der Waals surface area (Å²) in [5.41, 5.74) is 1.12. The minimum absolute atomic E-state index is 0.538. The van der Waals surface area contributed by atoms with Crippen LogP contribution in [0.4, 0.5) is 0 Å². The Balaban J connectivity index is 2.24. The molecule has 0 aromatic heterocycles. The van der Waals surface area contributed by atoms with Crippen LogP contribution in [0, 0.1) is 12.5 Å². The molecule has 0 aliphatic carbocycles. The SMILES string of the molecule is CCCCCCCOc1ccc(C=N[CH]C(C)CC)cc1. The first-order valence-electron chi connectivity index (χ1n) is 8.35. The van der Waals surface area contributed by atoms with Gasteiger partial charge in [0.1, 0.15) is 5.75 Å². The summed E-state index contributed by atoms with van der Waals surface area (Å²) in [5, 5.41) is 0. The smallest absolute Gasteiger partial charge is 0.119 e. The maximum atomic E-state index is 5.75. The van der Waals surface area contributed by atoms with E-state index in [0.29, 0.717) is 5.92 Å². The summed E-state index contributed by atoms with van der Waals surface area (Å²) in [6, 6.07) is 8.16. The number of hydrogen-bond acceptors (Lipinski definition) is 2. The van der Waals surface area contributed by atoms with E-state index in [1.807, 2.05) is 24.9 Å². The van der Waals surface area contributed by atoms with Crippen molar-refractivity contribution in [1.29, 1.82) is 0 Å². The molecule has 0 aliphatic rings. The van der Waals surface area contributed by atoms with Crippen LogP contribution in [0.1, 0.15) is 64.9 Å². The van der Waals surface area contributed by atoms with Crippen LogP contribution in [0.5, 0.6) is 5.75 Å². The van der Waals surface area contributed by atoms with E-state index in [1.54, 1.807) is 0 Å². The van der Waals surface area contributed by atoms with E-state index < -0.39 is 0 Å². The minimum Gasteiger partial charge on any atom is -0.494 e. The van der Waals surface area contributed by atoms with E-state index in [2.05, 4.69) is 37.9 Å². The van der Waals surface area contributed by atoms with Gasteiger partial charge in [-0.25, -0.2) is 0 Å². The first-order valence-corrected chi connectivity index (χ1v) is 8.35. The van der Waals surface area contributed by atoms with Gasteiger partial charge in [0.2, 0.25) is 0 Å². The van der Waals surface area contributed by atoms with Crippen molar-refractivity contribution in [3.63, 3.8) is 0 Å². The molecule has 1 aromatic rings. The first-order chi connectivity index (χ1) is 10.3. The third-order valence-electron chi connectivity index (χ3n) is 3.60. The Kier molecular flexibility index (Phi) is 9.60. The fourth-order valence-corrected chi connectivity index (χ4v) is 1.93. The summed E-state index contributed by atoms with van der Waals surface area (Å²) in [6.45, 7) is 9.40. The zero-order valence-corrected chi connectivity index (χ0v) is 13.8. The molecule has 1 rings (SSSR count). The molecule has 0 amide bonds. The third-order valence-corrected chi connectivity index (χ3v) is 3.60. The second-order valence-electron chi connectivity index (χ2n) is 5.64. The normalized spacial score (nSPS) is 12.7. The highest BCUT2D eigenvalue weighted by atomic mass is 16.5. The minimum atomic E-state index is 0.538. The monoisotopic (exact) mass is 288 g/mol. The maximum absolute atomic E-state index is 5.75. The topological polar surface area (TPSA) is 21.6 Å². The highest BCUT2D eigenvalue weighted by Gasteiger charge is 1.97. The Morgan fingerprint density at radius 2 is 1.76 bits per heavy atom. The molecule has 1 radical (unpaired) electrons. The van der Waals surface area contributed by atoms with Gasteiger partial charge >= 0.3 is 0 Å². The van der Waals surface area contributed by atoms with E-state index in [4.69, 9.17) is 4.74 Å². The lowest BCUT2D eigenvalue weighted by Gasteiger charge is -2.06. The van der Waals surface area contributed by atoms with E-state index in [-0.39, 0.29) is 0 Å². The van der Waals surface area contributed by atoms with Crippen molar-refractivity contribution in [1.82, 2.24) is 0 Å². The van der Waals surface area contributed by atoms with Crippen molar-refractivity contribution in [3.8, 4) is 5.75 Å². The van der Waals surface area contributed by atoms with Gasteiger partial charge in [-0.2, -0.15) is 0 Å². The molecule has 2 heteroatoms. The highest BCUT2D eigenvalue weighted by molar-refractivity contribution is 5.80. The standard InChI is InChI=1S/C19H30NO/c1-4-6-7-8-9-14-21-19-12-10-18(11-13-19)16-20-15-17(3)5-2/h10-13,15-17H,4-9,14H2,1-3H3. The van der Waals surface area contributed by atoms with Gasteiger partial charge in [0.25, 0.3) is 0 Å². The molecule has 2 nitrogen and oxygen atoms in total. The molecule has 1 unspecified atom stereocenters. The van der Waals surface area contributed by atoms with Crippen LogP contribution in [-0.4, -0.2) is 12.8 Å². The average molecular weight is 288 g/mol. The van der Waals surface area contributed by atoms with Gasteiger partial charge in [0, 0.05) is 6.21 Å². The number of rotatable bonds is 11. The number of aliphatic imine (C=N–C) groups is 1. The first kappa shape index (κ1) is 17.7. The van der Waals surface area contributed by atoms with Gasteiger partial charge in [-0.3, -0.25) is 4.99 Å². The lowest BCUT2D eigenvalue weighted by molar-refractivity contribution is 0.304. The molecule has 0 saturated carbocycles. The fraction of sp³-hybridized carbons (Fsp3) is 0.579. The molecule has 1 atom stereocenters. The number of ether oxygens (including phenoxy) is 1. The van der Waals surface area contributed by atoms with Crippen molar-refractivity contribution in [2.75, 3.05) is 6.61 Å². The molecule has 0 bridgehead atoms. The maximum Gasteiger partial charge on any atom is 0.119 e. The van der Waals surface area contributed by atoms with Gasteiger partial charge in [-0.1, -0.05) is 52.9 Å². The summed E-state index contributed by atoms with van der Waals surface area (Å²) < 4.78 is 5.75. The quantitative estimate of drug-likeness (QED) is 0.380. The number of nitrogens with zero attached hydrogens (tertiary/aromatic N) is 1. The molecule has 1 aromatic carbocycles. The molecule has 0 spiro atoms. The van der Waals surface area contributed by atoms with E-state index in [1.165, 1.54) is 25.7 Å². The summed E-state index contributed by atoms with van der Waals surface area (Å²) in [4.78, 5) is 4.36. The second-order valence-corrected chi connectivity index (χ2v) is 5.64. The van der Waals surface area contributed by atoms with Gasteiger partial charge in [0.15, 0.2) is 0 Å². The molecular weight excluding hydrogens is 258 g/mol. The van der Waals surface area contributed by atoms with Gasteiger partial charge < -0.3 is 4.74 Å². The van der Waals surface area contributed by atoms with E-state index in [9.17, 15) is 0 Å². The molecule has 0 heterocycles. The van der Waals surface area contributed by atoms with E-state index in [0.717, 1.165) is 30.8 Å². The summed E-state index contributed by atoms with van der Waals surface area (Å²) in [6.07, 6.45) is 9.39. The van der Waals surface area contributed by atoms with Gasteiger partial charge in [-0.15, -0.1) is 0 Å². The van der Waals surface area contributed by atoms with Crippen LogP contribution in [-0.2, 0) is 0 Å². The summed E-state index contributed by atoms with van der Waals surface area (Å²) in [5.74, 6) is 1.49.